The summed E-state index contributed by atoms with van der Waals surface area (Å²) in [5.74, 6) is 0. The molecular weight excluding hydrogens is 128 g/mol. The van der Waals surface area contributed by atoms with Gasteiger partial charge in [-0.05, 0) is 6.42 Å². The minimum Gasteiger partial charge on any atom is -0.380 e. The lowest BCUT2D eigenvalue weighted by atomic mass is 10.4. The maximum atomic E-state index is 5.08. The molecule has 0 aromatic rings. The number of rotatable bonds is 1. The van der Waals surface area contributed by atoms with Crippen molar-refractivity contribution in [3.8, 4) is 0 Å². The van der Waals surface area contributed by atoms with Gasteiger partial charge in [0.1, 0.15) is 0 Å². The zero-order chi connectivity index (χ0) is 5.11. The summed E-state index contributed by atoms with van der Waals surface area (Å²) in [4.78, 5) is 0. The van der Waals surface area contributed by atoms with Gasteiger partial charge in [-0.15, -0.1) is 11.7 Å². The summed E-state index contributed by atoms with van der Waals surface area (Å²) >= 11 is 4.05. The Morgan fingerprint density at radius 2 is 2.57 bits per heavy atom. The number of ether oxygens (including phenoxy) is 1. The smallest absolute Gasteiger partial charge is 0.0594 e. The van der Waals surface area contributed by atoms with Crippen molar-refractivity contribution in [2.24, 2.45) is 0 Å². The van der Waals surface area contributed by atoms with Crippen LogP contribution in [0.4, 0.5) is 0 Å². The van der Waals surface area contributed by atoms with E-state index in [9.17, 15) is 0 Å². The normalized spacial score (nSPS) is 31.3. The van der Waals surface area contributed by atoms with Crippen molar-refractivity contribution >= 4 is 22.5 Å². The highest BCUT2D eigenvalue weighted by Crippen LogP contribution is 2.22. The van der Waals surface area contributed by atoms with Gasteiger partial charge in [0.05, 0.1) is 6.61 Å². The van der Waals surface area contributed by atoms with Crippen molar-refractivity contribution in [2.75, 3.05) is 13.2 Å². The summed E-state index contributed by atoms with van der Waals surface area (Å²) in [5, 5.41) is 0.656. The Labute approximate surface area is 52.6 Å². The van der Waals surface area contributed by atoms with Crippen LogP contribution in [0.15, 0.2) is 0 Å². The van der Waals surface area contributed by atoms with E-state index >= 15 is 0 Å². The van der Waals surface area contributed by atoms with Gasteiger partial charge in [-0.25, -0.2) is 0 Å². The summed E-state index contributed by atoms with van der Waals surface area (Å²) in [6.07, 6.45) is 1.17. The summed E-state index contributed by atoms with van der Waals surface area (Å²) in [6, 6.07) is 0. The van der Waals surface area contributed by atoms with Crippen LogP contribution in [-0.2, 0) is 4.74 Å². The number of hydrogen-bond donors (Lipinski definition) is 1. The Morgan fingerprint density at radius 3 is 2.86 bits per heavy atom. The second-order valence-corrected chi connectivity index (χ2v) is 3.10. The van der Waals surface area contributed by atoms with E-state index in [2.05, 4.69) is 11.7 Å². The average molecular weight is 136 g/mol. The van der Waals surface area contributed by atoms with Crippen LogP contribution in [0.5, 0.6) is 0 Å². The second-order valence-electron chi connectivity index (χ2n) is 1.59. The van der Waals surface area contributed by atoms with Crippen LogP contribution in [0.2, 0.25) is 0 Å². The van der Waals surface area contributed by atoms with Gasteiger partial charge in [-0.1, -0.05) is 10.8 Å². The Morgan fingerprint density at radius 1 is 1.71 bits per heavy atom. The number of thiol groups is 1. The molecule has 1 heterocycles. The highest BCUT2D eigenvalue weighted by molar-refractivity contribution is 8.68. The summed E-state index contributed by atoms with van der Waals surface area (Å²) in [6.45, 7) is 1.83. The first-order chi connectivity index (χ1) is 3.43. The van der Waals surface area contributed by atoms with Crippen LogP contribution in [-0.4, -0.2) is 18.5 Å². The maximum Gasteiger partial charge on any atom is 0.0594 e. The Hall–Kier alpha value is 0.660. The zero-order valence-corrected chi connectivity index (χ0v) is 5.67. The van der Waals surface area contributed by atoms with Crippen molar-refractivity contribution in [1.29, 1.82) is 0 Å². The van der Waals surface area contributed by atoms with E-state index in [1.165, 1.54) is 6.42 Å². The van der Waals surface area contributed by atoms with Crippen molar-refractivity contribution < 1.29 is 4.74 Å². The molecule has 1 fully saturated rings. The van der Waals surface area contributed by atoms with E-state index in [1.54, 1.807) is 10.8 Å². The molecule has 1 nitrogen and oxygen atoms in total. The summed E-state index contributed by atoms with van der Waals surface area (Å²) < 4.78 is 5.08. The molecule has 0 saturated carbocycles. The molecule has 0 spiro atoms. The molecule has 0 aromatic carbocycles. The first-order valence-electron chi connectivity index (χ1n) is 2.31. The Balaban J connectivity index is 2.14. The highest BCUT2D eigenvalue weighted by atomic mass is 33.1. The fourth-order valence-electron chi connectivity index (χ4n) is 0.596. The van der Waals surface area contributed by atoms with E-state index in [0.29, 0.717) is 5.25 Å². The van der Waals surface area contributed by atoms with Crippen LogP contribution >= 0.6 is 22.5 Å². The predicted octanol–water partition coefficient (Wildman–Crippen LogP) is 1.35. The predicted molar refractivity (Wildman–Crippen MR) is 35.8 cm³/mol. The monoisotopic (exact) mass is 136 g/mol. The molecule has 0 aliphatic carbocycles. The first kappa shape index (κ1) is 5.79. The lowest BCUT2D eigenvalue weighted by Crippen LogP contribution is -1.95. The molecule has 0 bridgehead atoms. The molecule has 7 heavy (non-hydrogen) atoms. The maximum absolute atomic E-state index is 5.08. The van der Waals surface area contributed by atoms with Crippen LogP contribution < -0.4 is 0 Å². The molecule has 42 valence electrons. The molecule has 1 aliphatic rings. The van der Waals surface area contributed by atoms with E-state index in [4.69, 9.17) is 4.74 Å². The Kier molecular flexibility index (Phi) is 2.35. The quantitative estimate of drug-likeness (QED) is 0.430. The molecule has 0 N–H and O–H groups in total. The molecule has 0 radical (unpaired) electrons. The fraction of sp³-hybridized carbons (Fsp3) is 1.00. The molecule has 1 atom stereocenters. The average Bonchev–Trinajstić information content (AvgIpc) is 2.14. The Bertz CT molecular complexity index is 51.7. The van der Waals surface area contributed by atoms with Gasteiger partial charge in [0.2, 0.25) is 0 Å². The van der Waals surface area contributed by atoms with Crippen molar-refractivity contribution in [2.45, 2.75) is 11.7 Å². The van der Waals surface area contributed by atoms with E-state index in [-0.39, 0.29) is 0 Å². The summed E-state index contributed by atoms with van der Waals surface area (Å²) in [7, 11) is 1.60. The van der Waals surface area contributed by atoms with Crippen LogP contribution in [0.1, 0.15) is 6.42 Å². The molecule has 1 aliphatic heterocycles. The summed E-state index contributed by atoms with van der Waals surface area (Å²) in [5.41, 5.74) is 0. The third-order valence-corrected chi connectivity index (χ3v) is 2.60. The molecule has 1 rings (SSSR count). The lowest BCUT2D eigenvalue weighted by Gasteiger charge is -1.96. The minimum absolute atomic E-state index is 0.656. The zero-order valence-electron chi connectivity index (χ0n) is 3.96. The van der Waals surface area contributed by atoms with E-state index in [0.717, 1.165) is 13.2 Å². The van der Waals surface area contributed by atoms with Gasteiger partial charge in [0, 0.05) is 11.9 Å². The van der Waals surface area contributed by atoms with E-state index < -0.39 is 0 Å². The molecule has 0 aromatic heterocycles. The molecular formula is C4H8OS2. The van der Waals surface area contributed by atoms with Gasteiger partial charge in [-0.2, -0.15) is 0 Å². The van der Waals surface area contributed by atoms with Gasteiger partial charge in [0.15, 0.2) is 0 Å². The minimum atomic E-state index is 0.656. The van der Waals surface area contributed by atoms with Crippen molar-refractivity contribution in [3.05, 3.63) is 0 Å². The van der Waals surface area contributed by atoms with E-state index in [1.807, 2.05) is 0 Å². The second kappa shape index (κ2) is 2.84. The molecule has 0 amide bonds. The number of hydrogen-bond acceptors (Lipinski definition) is 3. The van der Waals surface area contributed by atoms with Gasteiger partial charge in [0.25, 0.3) is 0 Å². The largest absolute Gasteiger partial charge is 0.380 e. The van der Waals surface area contributed by atoms with Gasteiger partial charge in [-0.3, -0.25) is 0 Å². The van der Waals surface area contributed by atoms with Crippen LogP contribution in [0.3, 0.4) is 0 Å². The van der Waals surface area contributed by atoms with Crippen molar-refractivity contribution in [3.63, 3.8) is 0 Å². The topological polar surface area (TPSA) is 9.23 Å². The van der Waals surface area contributed by atoms with Crippen LogP contribution in [0, 0.1) is 0 Å². The molecule has 3 heteroatoms. The van der Waals surface area contributed by atoms with Gasteiger partial charge >= 0.3 is 0 Å². The third-order valence-electron chi connectivity index (χ3n) is 1.04. The first-order valence-corrected chi connectivity index (χ1v) is 4.24. The SMILES string of the molecule is SS[C@H]1CCOC1. The lowest BCUT2D eigenvalue weighted by molar-refractivity contribution is 0.199. The van der Waals surface area contributed by atoms with Crippen molar-refractivity contribution in [1.82, 2.24) is 0 Å². The third kappa shape index (κ3) is 1.55. The highest BCUT2D eigenvalue weighted by Gasteiger charge is 2.13. The van der Waals surface area contributed by atoms with Gasteiger partial charge < -0.3 is 4.74 Å². The standard InChI is InChI=1S/C4H8OS2/c6-7-4-1-2-5-3-4/h4,6H,1-3H2/t4-/m0/s1. The van der Waals surface area contributed by atoms with Crippen LogP contribution in [0.25, 0.3) is 0 Å². The molecule has 1 saturated heterocycles. The molecule has 0 unspecified atom stereocenters. The fourth-order valence-corrected chi connectivity index (χ4v) is 1.45.